The number of amides is 5. The molecule has 4 aromatic carbocycles. The van der Waals surface area contributed by atoms with Crippen LogP contribution in [0.4, 0.5) is 4.79 Å². The SMILES string of the molecule is NCCCC[C@H](NC(=O)[C@H](Cc1c[nH]c2ccccc12)NC(=O)CC[C@H]1CCC[C@@H](NC(=O)[C@H](Cc2c[nH]c3ccccc23)NC(=O)[C@H](Cc2c[nH]c3ccccc23)NC(=O)OCc2ccccc2)C1=O)C(=O)O. The number of benzene rings is 4. The number of para-hydroxylation sites is 3. The van der Waals surface area contributed by atoms with E-state index in [1.165, 1.54) is 0 Å². The topological polar surface area (TPSA) is 282 Å². The van der Waals surface area contributed by atoms with E-state index >= 15 is 0 Å². The number of rotatable bonds is 24. The predicted molar refractivity (Wildman–Crippen MR) is 279 cm³/mol. The molecule has 74 heavy (non-hydrogen) atoms. The molecule has 386 valence electrons. The summed E-state index contributed by atoms with van der Waals surface area (Å²) in [5, 5.41) is 26.5. The van der Waals surface area contributed by atoms with Crippen LogP contribution in [0.3, 0.4) is 0 Å². The van der Waals surface area contributed by atoms with Crippen LogP contribution in [0, 0.1) is 5.92 Å². The first-order valence-electron chi connectivity index (χ1n) is 25.2. The minimum atomic E-state index is -1.20. The summed E-state index contributed by atoms with van der Waals surface area (Å²) in [5.41, 5.74) is 11.1. The molecule has 3 heterocycles. The average molecular weight is 1010 g/mol. The molecule has 0 radical (unpaired) electrons. The van der Waals surface area contributed by atoms with Gasteiger partial charge in [0.1, 0.15) is 30.8 Å². The summed E-state index contributed by atoms with van der Waals surface area (Å²) in [6.07, 6.45) is 7.26. The Morgan fingerprint density at radius 3 is 1.65 bits per heavy atom. The van der Waals surface area contributed by atoms with Gasteiger partial charge in [0.2, 0.25) is 23.6 Å². The normalized spacial score (nSPS) is 16.2. The summed E-state index contributed by atoms with van der Waals surface area (Å²) in [4.78, 5) is 106. The van der Waals surface area contributed by atoms with Gasteiger partial charge in [-0.1, -0.05) is 91.3 Å². The van der Waals surface area contributed by atoms with E-state index in [2.05, 4.69) is 41.5 Å². The van der Waals surface area contributed by atoms with E-state index in [-0.39, 0.29) is 50.9 Å². The number of fused-ring (bicyclic) bond motifs is 3. The van der Waals surface area contributed by atoms with E-state index in [1.54, 1.807) is 18.6 Å². The van der Waals surface area contributed by atoms with Crippen molar-refractivity contribution in [2.75, 3.05) is 6.54 Å². The van der Waals surface area contributed by atoms with Gasteiger partial charge in [0.15, 0.2) is 5.78 Å². The minimum Gasteiger partial charge on any atom is -0.480 e. The lowest BCUT2D eigenvalue weighted by atomic mass is 9.81. The van der Waals surface area contributed by atoms with Gasteiger partial charge >= 0.3 is 12.1 Å². The van der Waals surface area contributed by atoms with Gasteiger partial charge in [0.05, 0.1) is 6.04 Å². The summed E-state index contributed by atoms with van der Waals surface area (Å²) in [5.74, 6) is -4.47. The van der Waals surface area contributed by atoms with E-state index in [9.17, 15) is 38.7 Å². The highest BCUT2D eigenvalue weighted by Gasteiger charge is 2.36. The third-order valence-corrected chi connectivity index (χ3v) is 13.8. The molecule has 18 nitrogen and oxygen atoms in total. The summed E-state index contributed by atoms with van der Waals surface area (Å²) in [7, 11) is 0. The van der Waals surface area contributed by atoms with Crippen molar-refractivity contribution < 1.29 is 43.4 Å². The number of aliphatic carboxylic acids is 1. The predicted octanol–water partition coefficient (Wildman–Crippen LogP) is 5.76. The van der Waals surface area contributed by atoms with Gasteiger partial charge in [-0.25, -0.2) is 9.59 Å². The molecule has 11 N–H and O–H groups in total. The number of aromatic nitrogens is 3. The van der Waals surface area contributed by atoms with Crippen LogP contribution in [0.2, 0.25) is 0 Å². The number of ketones is 1. The number of alkyl carbamates (subject to hydrolysis) is 1. The van der Waals surface area contributed by atoms with Crippen molar-refractivity contribution in [2.24, 2.45) is 11.7 Å². The molecular weight excluding hydrogens is 943 g/mol. The molecule has 0 unspecified atom stereocenters. The quantitative estimate of drug-likeness (QED) is 0.0327. The fourth-order valence-electron chi connectivity index (χ4n) is 9.80. The van der Waals surface area contributed by atoms with Crippen LogP contribution < -0.4 is 32.3 Å². The van der Waals surface area contributed by atoms with Gasteiger partial charge in [0.25, 0.3) is 0 Å². The highest BCUT2D eigenvalue weighted by molar-refractivity contribution is 5.97. The van der Waals surface area contributed by atoms with E-state index < -0.39 is 71.8 Å². The molecule has 18 heteroatoms. The Balaban J connectivity index is 0.954. The lowest BCUT2D eigenvalue weighted by Crippen LogP contribution is -2.57. The lowest BCUT2D eigenvalue weighted by molar-refractivity contribution is -0.142. The van der Waals surface area contributed by atoms with Gasteiger partial charge in [-0.3, -0.25) is 24.0 Å². The molecule has 8 rings (SSSR count). The fourth-order valence-corrected chi connectivity index (χ4v) is 9.80. The van der Waals surface area contributed by atoms with E-state index in [1.807, 2.05) is 103 Å². The summed E-state index contributed by atoms with van der Waals surface area (Å²) >= 11 is 0. The maximum Gasteiger partial charge on any atom is 0.408 e. The highest BCUT2D eigenvalue weighted by Crippen LogP contribution is 2.27. The number of nitrogens with one attached hydrogen (secondary N) is 8. The number of aromatic amines is 3. The number of Topliss-reactive ketones (excluding diaryl/α,β-unsaturated/α-hetero) is 1. The molecule has 0 bridgehead atoms. The lowest BCUT2D eigenvalue weighted by Gasteiger charge is -2.30. The number of carboxylic acids is 1. The molecule has 0 saturated heterocycles. The van der Waals surface area contributed by atoms with E-state index in [0.717, 1.165) is 55.0 Å². The molecule has 1 aliphatic rings. The summed E-state index contributed by atoms with van der Waals surface area (Å²) < 4.78 is 5.53. The van der Waals surface area contributed by atoms with Crippen LogP contribution in [-0.2, 0) is 59.4 Å². The van der Waals surface area contributed by atoms with Gasteiger partial charge in [-0.2, -0.15) is 0 Å². The minimum absolute atomic E-state index is 0.0322. The maximum absolute atomic E-state index is 14.6. The zero-order valence-electron chi connectivity index (χ0n) is 41.0. The number of unbranched alkanes of at least 4 members (excludes halogenated alkanes) is 1. The van der Waals surface area contributed by atoms with Crippen LogP contribution in [-0.4, -0.2) is 98.3 Å². The summed E-state index contributed by atoms with van der Waals surface area (Å²) in [6.45, 7) is 0.346. The van der Waals surface area contributed by atoms with Crippen molar-refractivity contribution in [2.45, 2.75) is 107 Å². The largest absolute Gasteiger partial charge is 0.480 e. The third kappa shape index (κ3) is 13.4. The number of nitrogens with two attached hydrogens (primary N) is 1. The molecule has 1 fully saturated rings. The highest BCUT2D eigenvalue weighted by atomic mass is 16.5. The van der Waals surface area contributed by atoms with Crippen molar-refractivity contribution in [1.29, 1.82) is 0 Å². The van der Waals surface area contributed by atoms with E-state index in [0.29, 0.717) is 38.6 Å². The van der Waals surface area contributed by atoms with Crippen LogP contribution in [0.25, 0.3) is 32.7 Å². The molecule has 3 aromatic heterocycles. The molecule has 6 atom stereocenters. The number of ether oxygens (including phenoxy) is 1. The number of hydrogen-bond acceptors (Lipinski definition) is 9. The smallest absolute Gasteiger partial charge is 0.408 e. The average Bonchev–Trinajstić information content (AvgIpc) is 4.14. The fraction of sp³-hybridized carbons (Fsp3) is 0.339. The van der Waals surface area contributed by atoms with Gasteiger partial charge in [0, 0.05) is 82.9 Å². The van der Waals surface area contributed by atoms with Crippen molar-refractivity contribution in [3.05, 3.63) is 144 Å². The Morgan fingerprint density at radius 1 is 0.608 bits per heavy atom. The molecule has 7 aromatic rings. The molecule has 0 aliphatic heterocycles. The number of carbonyl (C=O) groups is 7. The van der Waals surface area contributed by atoms with Crippen LogP contribution in [0.5, 0.6) is 0 Å². The second-order valence-corrected chi connectivity index (χ2v) is 18.9. The zero-order chi connectivity index (χ0) is 52.0. The van der Waals surface area contributed by atoms with Crippen molar-refractivity contribution in [3.63, 3.8) is 0 Å². The molecule has 1 aliphatic carbocycles. The third-order valence-electron chi connectivity index (χ3n) is 13.8. The maximum atomic E-state index is 14.6. The van der Waals surface area contributed by atoms with Gasteiger partial charge < -0.3 is 57.1 Å². The Labute approximate surface area is 427 Å². The van der Waals surface area contributed by atoms with E-state index in [4.69, 9.17) is 10.5 Å². The Hall–Kier alpha value is -8.25. The van der Waals surface area contributed by atoms with Crippen molar-refractivity contribution >= 4 is 74.2 Å². The molecular formula is C56H63N9O9. The number of H-pyrrole nitrogens is 3. The number of hydrogen-bond donors (Lipinski definition) is 10. The Kier molecular flexibility index (Phi) is 17.5. The van der Waals surface area contributed by atoms with Crippen molar-refractivity contribution in [1.82, 2.24) is 41.5 Å². The first-order chi connectivity index (χ1) is 35.9. The number of carboxylic acid groups (broad SMARTS) is 1. The second-order valence-electron chi connectivity index (χ2n) is 18.9. The van der Waals surface area contributed by atoms with Gasteiger partial charge in [-0.05, 0) is 85.5 Å². The molecule has 1 saturated carbocycles. The second kappa shape index (κ2) is 24.9. The molecule has 0 spiro atoms. The monoisotopic (exact) mass is 1010 g/mol. The van der Waals surface area contributed by atoms with Crippen molar-refractivity contribution in [3.8, 4) is 0 Å². The summed E-state index contributed by atoms with van der Waals surface area (Å²) in [6, 6.07) is 26.1. The Bertz CT molecular complexity index is 3090. The molecule has 5 amide bonds. The van der Waals surface area contributed by atoms with Crippen LogP contribution in [0.15, 0.2) is 122 Å². The zero-order valence-corrected chi connectivity index (χ0v) is 41.0. The van der Waals surface area contributed by atoms with Gasteiger partial charge in [-0.15, -0.1) is 0 Å². The standard InChI is InChI=1S/C56H63N9O9/c57-26-11-10-22-46(55(71)72)63-52(68)47(27-36-30-58-42-19-7-4-16-39(36)42)61-50(66)25-24-35-15-12-23-45(51(35)67)62-53(69)48(28-37-31-59-43-20-8-5-17-40(37)43)64-54(70)49(29-38-32-60-44-21-9-6-18-41(38)44)65-56(73)74-33-34-13-2-1-3-14-34/h1-9,13-14,16-21,30-32,35,45-49,58-60H,10-12,15,22-29,33,57H2,(H,61,66)(H,62,69)(H,63,68)(H,64,70)(H,65,73)(H,71,72)/t35-,45-,46+,47+,48+,49+/m1/s1. The Morgan fingerprint density at radius 2 is 1.11 bits per heavy atom. The first-order valence-corrected chi connectivity index (χ1v) is 25.2. The van der Waals surface area contributed by atoms with Crippen LogP contribution >= 0.6 is 0 Å². The van der Waals surface area contributed by atoms with Crippen LogP contribution in [0.1, 0.15) is 73.6 Å². The first kappa shape index (κ1) is 52.1. The number of carbonyl (C=O) groups excluding carboxylic acids is 6.